The molecule has 0 aliphatic carbocycles. The minimum absolute atomic E-state index is 0.188. The van der Waals surface area contributed by atoms with Gasteiger partial charge in [0.05, 0.1) is 19.3 Å². The molecule has 0 spiro atoms. The van der Waals surface area contributed by atoms with E-state index >= 15 is 0 Å². The second-order valence-corrected chi connectivity index (χ2v) is 13.6. The highest BCUT2D eigenvalue weighted by Gasteiger charge is 2.56. The molecule has 1 aliphatic heterocycles. The van der Waals surface area contributed by atoms with Crippen molar-refractivity contribution in [2.45, 2.75) is 71.3 Å². The van der Waals surface area contributed by atoms with Gasteiger partial charge in [-0.05, 0) is 33.6 Å². The molecule has 0 aromatic heterocycles. The Morgan fingerprint density at radius 3 is 1.88 bits per heavy atom. The summed E-state index contributed by atoms with van der Waals surface area (Å²) in [6.07, 6.45) is 4.65. The highest BCUT2D eigenvalue weighted by molar-refractivity contribution is 6.98. The van der Waals surface area contributed by atoms with Gasteiger partial charge in [0.2, 0.25) is 0 Å². The highest BCUT2D eigenvalue weighted by Crippen LogP contribution is 2.42. The maximum atomic E-state index is 6.43. The zero-order valence-corrected chi connectivity index (χ0v) is 17.6. The number of allylic oxidation sites excluding steroid dienone is 2. The average molecular weight is 344 g/mol. The van der Waals surface area contributed by atoms with Crippen molar-refractivity contribution in [1.82, 2.24) is 0 Å². The monoisotopic (exact) mass is 344 g/mol. The van der Waals surface area contributed by atoms with Crippen molar-refractivity contribution in [3.63, 3.8) is 0 Å². The Kier molecular flexibility index (Phi) is 5.53. The third-order valence-corrected chi connectivity index (χ3v) is 9.57. The lowest BCUT2D eigenvalue weighted by molar-refractivity contribution is 0.00578. The van der Waals surface area contributed by atoms with Crippen molar-refractivity contribution in [2.24, 2.45) is 5.92 Å². The first-order valence-electron chi connectivity index (χ1n) is 9.07. The summed E-state index contributed by atoms with van der Waals surface area (Å²) in [6.45, 7) is 17.8. The van der Waals surface area contributed by atoms with Gasteiger partial charge in [-0.3, -0.25) is 0 Å². The van der Waals surface area contributed by atoms with Crippen molar-refractivity contribution in [3.8, 4) is 0 Å². The molecule has 1 fully saturated rings. The van der Waals surface area contributed by atoms with E-state index in [1.165, 1.54) is 5.19 Å². The SMILES string of the molecule is CC(C)/C=C\C(B1OC(C)(C)C(C)(C)O1)[Si](C)(C)c1ccccc1. The van der Waals surface area contributed by atoms with Gasteiger partial charge >= 0.3 is 7.12 Å². The van der Waals surface area contributed by atoms with E-state index in [1.54, 1.807) is 0 Å². The smallest absolute Gasteiger partial charge is 0.403 e. The predicted molar refractivity (Wildman–Crippen MR) is 107 cm³/mol. The van der Waals surface area contributed by atoms with E-state index in [0.29, 0.717) is 5.92 Å². The fourth-order valence-electron chi connectivity index (χ4n) is 3.11. The van der Waals surface area contributed by atoms with Crippen LogP contribution in [0.3, 0.4) is 0 Å². The predicted octanol–water partition coefficient (Wildman–Crippen LogP) is 4.82. The van der Waals surface area contributed by atoms with E-state index in [2.05, 4.69) is 97.1 Å². The summed E-state index contributed by atoms with van der Waals surface area (Å²) in [7, 11) is -1.99. The standard InChI is InChI=1S/C20H33BO2Si/c1-16(2)14-15-18(21-22-19(3,4)20(5,6)23-21)24(7,8)17-12-10-9-11-13-17/h9-16,18H,1-8H3/b15-14-. The molecule has 132 valence electrons. The minimum atomic E-state index is -1.80. The Morgan fingerprint density at radius 2 is 1.42 bits per heavy atom. The topological polar surface area (TPSA) is 18.5 Å². The van der Waals surface area contributed by atoms with Gasteiger partial charge in [-0.25, -0.2) is 0 Å². The molecule has 1 aromatic rings. The van der Waals surface area contributed by atoms with E-state index in [-0.39, 0.29) is 23.8 Å². The summed E-state index contributed by atoms with van der Waals surface area (Å²) in [6, 6.07) is 10.9. The zero-order valence-electron chi connectivity index (χ0n) is 16.6. The van der Waals surface area contributed by atoms with Crippen LogP contribution in [-0.2, 0) is 9.31 Å². The average Bonchev–Trinajstić information content (AvgIpc) is 2.67. The second-order valence-electron chi connectivity index (χ2n) is 8.87. The Bertz CT molecular complexity index is 563. The normalized spacial score (nSPS) is 21.6. The van der Waals surface area contributed by atoms with Crippen molar-refractivity contribution >= 4 is 20.4 Å². The molecule has 1 saturated heterocycles. The lowest BCUT2D eigenvalue weighted by Crippen LogP contribution is -2.51. The Balaban J connectivity index is 2.40. The molecular formula is C20H33BO2Si. The van der Waals surface area contributed by atoms with Gasteiger partial charge in [-0.15, -0.1) is 0 Å². The van der Waals surface area contributed by atoms with Crippen molar-refractivity contribution < 1.29 is 9.31 Å². The lowest BCUT2D eigenvalue weighted by atomic mass is 9.83. The maximum Gasteiger partial charge on any atom is 0.462 e. The van der Waals surface area contributed by atoms with E-state index in [0.717, 1.165) is 0 Å². The van der Waals surface area contributed by atoms with Crippen LogP contribution in [-0.4, -0.2) is 26.4 Å². The minimum Gasteiger partial charge on any atom is -0.403 e. The molecule has 0 radical (unpaired) electrons. The molecule has 0 amide bonds. The molecular weight excluding hydrogens is 311 g/mol. The van der Waals surface area contributed by atoms with Gasteiger partial charge in [0, 0.05) is 5.44 Å². The Labute approximate surface area is 149 Å². The third kappa shape index (κ3) is 3.87. The van der Waals surface area contributed by atoms with Crippen molar-refractivity contribution in [1.29, 1.82) is 0 Å². The van der Waals surface area contributed by atoms with Crippen LogP contribution in [0.4, 0.5) is 0 Å². The maximum absolute atomic E-state index is 6.43. The highest BCUT2D eigenvalue weighted by atomic mass is 28.3. The van der Waals surface area contributed by atoms with Crippen LogP contribution in [0.25, 0.3) is 0 Å². The molecule has 1 aromatic carbocycles. The fourth-order valence-corrected chi connectivity index (χ4v) is 5.95. The number of benzene rings is 1. The summed E-state index contributed by atoms with van der Waals surface area (Å²) in [5.74, 6) is 0.524. The molecule has 1 aliphatic rings. The first kappa shape index (κ1) is 19.5. The van der Waals surface area contributed by atoms with Crippen LogP contribution in [0.1, 0.15) is 41.5 Å². The largest absolute Gasteiger partial charge is 0.462 e. The van der Waals surface area contributed by atoms with Gasteiger partial charge in [0.1, 0.15) is 0 Å². The van der Waals surface area contributed by atoms with Crippen LogP contribution in [0, 0.1) is 5.92 Å². The van der Waals surface area contributed by atoms with E-state index < -0.39 is 8.07 Å². The first-order valence-corrected chi connectivity index (χ1v) is 12.1. The third-order valence-electron chi connectivity index (χ3n) is 5.62. The van der Waals surface area contributed by atoms with Gasteiger partial charge in [-0.1, -0.05) is 74.6 Å². The Morgan fingerprint density at radius 1 is 0.917 bits per heavy atom. The molecule has 0 bridgehead atoms. The summed E-state index contributed by atoms with van der Waals surface area (Å²) in [4.78, 5) is 0. The van der Waals surface area contributed by atoms with E-state index in [4.69, 9.17) is 9.31 Å². The van der Waals surface area contributed by atoms with Gasteiger partial charge in [0.25, 0.3) is 0 Å². The van der Waals surface area contributed by atoms with Crippen LogP contribution < -0.4 is 5.19 Å². The van der Waals surface area contributed by atoms with Crippen molar-refractivity contribution in [3.05, 3.63) is 42.5 Å². The summed E-state index contributed by atoms with van der Waals surface area (Å²) >= 11 is 0. The van der Waals surface area contributed by atoms with Gasteiger partial charge < -0.3 is 9.31 Å². The quantitative estimate of drug-likeness (QED) is 0.563. The molecule has 4 heteroatoms. The zero-order chi connectivity index (χ0) is 18.2. The van der Waals surface area contributed by atoms with Crippen LogP contribution in [0.2, 0.25) is 18.5 Å². The second kappa shape index (κ2) is 6.81. The molecule has 1 unspecified atom stereocenters. The summed E-state index contributed by atoms with van der Waals surface area (Å²) in [5, 5.41) is 1.44. The molecule has 24 heavy (non-hydrogen) atoms. The molecule has 2 nitrogen and oxygen atoms in total. The first-order chi connectivity index (χ1) is 11.0. The molecule has 0 saturated carbocycles. The molecule has 1 atom stereocenters. The fraction of sp³-hybridized carbons (Fsp3) is 0.600. The summed E-state index contributed by atoms with van der Waals surface area (Å²) in [5.41, 5.74) is -0.297. The molecule has 1 heterocycles. The van der Waals surface area contributed by atoms with Gasteiger partial charge in [-0.2, -0.15) is 0 Å². The van der Waals surface area contributed by atoms with Crippen molar-refractivity contribution in [2.75, 3.05) is 0 Å². The Hall–Kier alpha value is -0.838. The lowest BCUT2D eigenvalue weighted by Gasteiger charge is -2.32. The summed E-state index contributed by atoms with van der Waals surface area (Å²) < 4.78 is 12.9. The number of hydrogen-bond acceptors (Lipinski definition) is 2. The van der Waals surface area contributed by atoms with Gasteiger partial charge in [0.15, 0.2) is 0 Å². The number of rotatable bonds is 5. The molecule has 2 rings (SSSR count). The van der Waals surface area contributed by atoms with Crippen LogP contribution in [0.15, 0.2) is 42.5 Å². The van der Waals surface area contributed by atoms with E-state index in [9.17, 15) is 0 Å². The molecule has 0 N–H and O–H groups in total. The van der Waals surface area contributed by atoms with Crippen LogP contribution in [0.5, 0.6) is 0 Å². The van der Waals surface area contributed by atoms with Crippen LogP contribution >= 0.6 is 0 Å². The van der Waals surface area contributed by atoms with E-state index in [1.807, 2.05) is 0 Å². The number of hydrogen-bond donors (Lipinski definition) is 0.